The maximum absolute atomic E-state index is 9.67. The van der Waals surface area contributed by atoms with E-state index in [9.17, 15) is 5.26 Å². The Balaban J connectivity index is 1.37. The van der Waals surface area contributed by atoms with Gasteiger partial charge in [-0.05, 0) is 60.0 Å². The molecule has 5 aromatic carbocycles. The lowest BCUT2D eigenvalue weighted by molar-refractivity contribution is 1.10. The number of thiophene rings is 1. The van der Waals surface area contributed by atoms with Gasteiger partial charge in [-0.3, -0.25) is 0 Å². The minimum Gasteiger partial charge on any atom is -0.310 e. The van der Waals surface area contributed by atoms with Gasteiger partial charge in [-0.15, -0.1) is 11.3 Å². The van der Waals surface area contributed by atoms with Crippen molar-refractivity contribution >= 4 is 48.6 Å². The highest BCUT2D eigenvalue weighted by atomic mass is 32.1. The number of benzene rings is 5. The van der Waals surface area contributed by atoms with Crippen LogP contribution < -0.4 is 0 Å². The van der Waals surface area contributed by atoms with Gasteiger partial charge in [0.25, 0.3) is 0 Å². The minimum absolute atomic E-state index is 0.601. The summed E-state index contributed by atoms with van der Waals surface area (Å²) in [5.41, 5.74) is 11.1. The molecule has 222 valence electrons. The van der Waals surface area contributed by atoms with Gasteiger partial charge in [0.1, 0.15) is 0 Å². The number of rotatable bonds is 6. The molecule has 0 saturated carbocycles. The molecular weight excluding hydrogens is 593 g/mol. The van der Waals surface area contributed by atoms with Crippen molar-refractivity contribution < 1.29 is 0 Å². The Morgan fingerprint density at radius 2 is 1.49 bits per heavy atom. The molecule has 0 aliphatic carbocycles. The van der Waals surface area contributed by atoms with Gasteiger partial charge in [-0.1, -0.05) is 110 Å². The molecule has 0 atom stereocenters. The Morgan fingerprint density at radius 3 is 2.34 bits per heavy atom. The summed E-state index contributed by atoms with van der Waals surface area (Å²) in [6.07, 6.45) is 5.94. The second-order valence-corrected chi connectivity index (χ2v) is 12.4. The summed E-state index contributed by atoms with van der Waals surface area (Å²) in [5.74, 6) is 0.664. The van der Waals surface area contributed by atoms with Crippen molar-refractivity contribution in [2.24, 2.45) is 0 Å². The SMILES string of the molecule is C=C/C=C\c1c(C)c2ccccc2n1-c1cccc(-c2cccc3c2sc2c(-c4cccc(C#N)c4)nc(-c4ccccc4)nc23)c1. The third kappa shape index (κ3) is 4.84. The summed E-state index contributed by atoms with van der Waals surface area (Å²) in [5, 5.41) is 12.0. The van der Waals surface area contributed by atoms with Gasteiger partial charge in [-0.25, -0.2) is 9.97 Å². The molecule has 3 aromatic heterocycles. The molecule has 4 nitrogen and oxygen atoms in total. The van der Waals surface area contributed by atoms with Crippen molar-refractivity contribution in [3.05, 3.63) is 157 Å². The average molecular weight is 621 g/mol. The Labute approximate surface area is 276 Å². The average Bonchev–Trinajstić information content (AvgIpc) is 3.65. The second kappa shape index (κ2) is 11.7. The Morgan fingerprint density at radius 1 is 0.745 bits per heavy atom. The number of allylic oxidation sites excluding steroid dienone is 2. The first-order valence-corrected chi connectivity index (χ1v) is 16.3. The lowest BCUT2D eigenvalue weighted by atomic mass is 10.0. The van der Waals surface area contributed by atoms with Crippen LogP contribution in [0.2, 0.25) is 0 Å². The van der Waals surface area contributed by atoms with Crippen LogP contribution >= 0.6 is 11.3 Å². The summed E-state index contributed by atoms with van der Waals surface area (Å²) in [4.78, 5) is 10.3. The monoisotopic (exact) mass is 620 g/mol. The smallest absolute Gasteiger partial charge is 0.160 e. The maximum atomic E-state index is 9.67. The largest absolute Gasteiger partial charge is 0.310 e. The Bertz CT molecular complexity index is 2560. The summed E-state index contributed by atoms with van der Waals surface area (Å²) in [6, 6.07) is 43.8. The Kier molecular flexibility index (Phi) is 7.06. The zero-order valence-electron chi connectivity index (χ0n) is 25.7. The topological polar surface area (TPSA) is 54.5 Å². The van der Waals surface area contributed by atoms with Crippen molar-refractivity contribution in [3.8, 4) is 45.5 Å². The Hall–Kier alpha value is -6.09. The quantitative estimate of drug-likeness (QED) is 0.174. The van der Waals surface area contributed by atoms with E-state index in [1.165, 1.54) is 16.5 Å². The van der Waals surface area contributed by atoms with E-state index >= 15 is 0 Å². The lowest BCUT2D eigenvalue weighted by Crippen LogP contribution is -1.97. The van der Waals surface area contributed by atoms with Gasteiger partial charge >= 0.3 is 0 Å². The molecule has 3 heterocycles. The van der Waals surface area contributed by atoms with Crippen LogP contribution in [-0.4, -0.2) is 14.5 Å². The predicted molar refractivity (Wildman–Crippen MR) is 197 cm³/mol. The lowest BCUT2D eigenvalue weighted by Gasteiger charge is -2.12. The zero-order chi connectivity index (χ0) is 31.9. The number of aromatic nitrogens is 3. The van der Waals surface area contributed by atoms with Crippen LogP contribution in [0, 0.1) is 18.3 Å². The van der Waals surface area contributed by atoms with Gasteiger partial charge in [0.05, 0.1) is 33.1 Å². The first-order valence-electron chi connectivity index (χ1n) is 15.4. The van der Waals surface area contributed by atoms with Crippen LogP contribution in [0.25, 0.3) is 76.7 Å². The van der Waals surface area contributed by atoms with Crippen molar-refractivity contribution in [1.82, 2.24) is 14.5 Å². The van der Waals surface area contributed by atoms with Crippen LogP contribution in [0.1, 0.15) is 16.8 Å². The third-order valence-corrected chi connectivity index (χ3v) is 9.85. The van der Waals surface area contributed by atoms with E-state index in [4.69, 9.17) is 9.97 Å². The van der Waals surface area contributed by atoms with E-state index in [0.29, 0.717) is 11.4 Å². The molecule has 0 fully saturated rings. The number of hydrogen-bond donors (Lipinski definition) is 0. The molecule has 0 amide bonds. The fraction of sp³-hybridized carbons (Fsp3) is 0.0238. The number of aryl methyl sites for hydroxylation is 1. The van der Waals surface area contributed by atoms with Gasteiger partial charge in [0.2, 0.25) is 0 Å². The van der Waals surface area contributed by atoms with Crippen molar-refractivity contribution in [3.63, 3.8) is 0 Å². The highest BCUT2D eigenvalue weighted by Crippen LogP contribution is 2.44. The number of nitriles is 1. The van der Waals surface area contributed by atoms with Crippen molar-refractivity contribution in [2.45, 2.75) is 6.92 Å². The maximum Gasteiger partial charge on any atom is 0.160 e. The molecule has 0 saturated heterocycles. The van der Waals surface area contributed by atoms with Gasteiger partial charge < -0.3 is 4.57 Å². The molecule has 0 aliphatic heterocycles. The zero-order valence-corrected chi connectivity index (χ0v) is 26.5. The number of para-hydroxylation sites is 1. The van der Waals surface area contributed by atoms with Crippen molar-refractivity contribution in [2.75, 3.05) is 0 Å². The van der Waals surface area contributed by atoms with Crippen LogP contribution in [0.3, 0.4) is 0 Å². The molecule has 0 spiro atoms. The minimum atomic E-state index is 0.601. The fourth-order valence-corrected chi connectivity index (χ4v) is 7.70. The highest BCUT2D eigenvalue weighted by molar-refractivity contribution is 7.26. The van der Waals surface area contributed by atoms with E-state index < -0.39 is 0 Å². The van der Waals surface area contributed by atoms with Crippen LogP contribution in [0.15, 0.2) is 140 Å². The predicted octanol–water partition coefficient (Wildman–Crippen LogP) is 11.2. The fourth-order valence-electron chi connectivity index (χ4n) is 6.41. The molecule has 0 aliphatic rings. The summed E-state index contributed by atoms with van der Waals surface area (Å²) in [7, 11) is 0. The molecule has 5 heteroatoms. The molecule has 0 radical (unpaired) electrons. The van der Waals surface area contributed by atoms with E-state index in [2.05, 4.69) is 96.9 Å². The molecular formula is C42H28N4S. The van der Waals surface area contributed by atoms with E-state index in [1.54, 1.807) is 11.3 Å². The highest BCUT2D eigenvalue weighted by Gasteiger charge is 2.20. The summed E-state index contributed by atoms with van der Waals surface area (Å²) >= 11 is 1.71. The van der Waals surface area contributed by atoms with Gasteiger partial charge in [-0.2, -0.15) is 5.26 Å². The van der Waals surface area contributed by atoms with Crippen LogP contribution in [-0.2, 0) is 0 Å². The van der Waals surface area contributed by atoms with E-state index in [0.717, 1.165) is 59.6 Å². The number of fused-ring (bicyclic) bond motifs is 4. The molecule has 0 unspecified atom stereocenters. The number of hydrogen-bond acceptors (Lipinski definition) is 4. The standard InChI is InChI=1S/C42H28N4S/c1-3-4-22-36-27(2)33-19-8-9-23-37(33)46(36)32-18-11-16-30(25-32)34-20-12-21-35-39-41(47-40(34)35)38(31-17-10-13-28(24-31)26-43)44-42(45-39)29-14-6-5-7-15-29/h3-25H,1H2,2H3/b22-4-. The number of nitrogens with zero attached hydrogens (tertiary/aromatic N) is 4. The molecule has 0 bridgehead atoms. The first-order chi connectivity index (χ1) is 23.1. The van der Waals surface area contributed by atoms with E-state index in [1.807, 2.05) is 66.7 Å². The van der Waals surface area contributed by atoms with E-state index in [-0.39, 0.29) is 0 Å². The third-order valence-electron chi connectivity index (χ3n) is 8.62. The first kappa shape index (κ1) is 28.4. The van der Waals surface area contributed by atoms with Crippen LogP contribution in [0.5, 0.6) is 0 Å². The van der Waals surface area contributed by atoms with Gasteiger partial charge in [0, 0.05) is 38.0 Å². The molecule has 47 heavy (non-hydrogen) atoms. The second-order valence-electron chi connectivity index (χ2n) is 11.4. The summed E-state index contributed by atoms with van der Waals surface area (Å²) < 4.78 is 4.48. The van der Waals surface area contributed by atoms with Gasteiger partial charge in [0.15, 0.2) is 5.82 Å². The van der Waals surface area contributed by atoms with Crippen molar-refractivity contribution in [1.29, 1.82) is 5.26 Å². The molecule has 0 N–H and O–H groups in total. The molecule has 8 rings (SSSR count). The normalized spacial score (nSPS) is 11.5. The molecule has 8 aromatic rings. The van der Waals surface area contributed by atoms with Crippen LogP contribution in [0.4, 0.5) is 0 Å². The summed E-state index contributed by atoms with van der Waals surface area (Å²) in [6.45, 7) is 6.08.